The molecule has 5 heteroatoms. The number of carboxylic acid groups (broad SMARTS) is 1. The predicted molar refractivity (Wildman–Crippen MR) is 48.1 cm³/mol. The third-order valence-electron chi connectivity index (χ3n) is 1.61. The van der Waals surface area contributed by atoms with Gasteiger partial charge in [0, 0.05) is 6.04 Å². The Balaban J connectivity index is 4.25. The first-order valence-electron chi connectivity index (χ1n) is 3.84. The topological polar surface area (TPSA) is 83.6 Å². The lowest BCUT2D eigenvalue weighted by atomic mass is 10.2. The molecule has 0 rings (SSSR count). The van der Waals surface area contributed by atoms with Gasteiger partial charge in [-0.15, -0.1) is 6.58 Å². The van der Waals surface area contributed by atoms with Crippen LogP contribution in [0.2, 0.25) is 0 Å². The van der Waals surface area contributed by atoms with Gasteiger partial charge < -0.3 is 10.8 Å². The van der Waals surface area contributed by atoms with Crippen molar-refractivity contribution in [3.05, 3.63) is 12.7 Å². The molecule has 0 heterocycles. The Bertz CT molecular complexity index is 199. The van der Waals surface area contributed by atoms with Gasteiger partial charge in [-0.1, -0.05) is 6.08 Å². The summed E-state index contributed by atoms with van der Waals surface area (Å²) in [5, 5.41) is 8.51. The van der Waals surface area contributed by atoms with E-state index in [1.807, 2.05) is 0 Å². The second kappa shape index (κ2) is 5.31. The third-order valence-corrected chi connectivity index (χ3v) is 1.61. The molecule has 1 unspecified atom stereocenters. The molecule has 0 radical (unpaired) electrons. The van der Waals surface area contributed by atoms with E-state index in [1.54, 1.807) is 13.0 Å². The maximum atomic E-state index is 10.6. The normalized spacial score (nSPS) is 12.5. The molecular weight excluding hydrogens is 172 g/mol. The number of hydrogen-bond donors (Lipinski definition) is 2. The molecule has 3 N–H and O–H groups in total. The van der Waals surface area contributed by atoms with Crippen molar-refractivity contribution in [1.82, 2.24) is 4.90 Å². The van der Waals surface area contributed by atoms with Crippen molar-refractivity contribution in [3.8, 4) is 0 Å². The highest BCUT2D eigenvalue weighted by atomic mass is 16.4. The molecule has 1 atom stereocenters. The number of carbonyl (C=O) groups is 2. The number of carbonyl (C=O) groups excluding carboxylic acids is 1. The molecule has 0 aromatic carbocycles. The number of amides is 1. The van der Waals surface area contributed by atoms with Crippen LogP contribution in [0.5, 0.6) is 0 Å². The average molecular weight is 186 g/mol. The lowest BCUT2D eigenvalue weighted by molar-refractivity contribution is -0.139. The van der Waals surface area contributed by atoms with Crippen LogP contribution in [0.4, 0.5) is 0 Å². The van der Waals surface area contributed by atoms with E-state index in [1.165, 1.54) is 4.90 Å². The number of carboxylic acids is 1. The van der Waals surface area contributed by atoms with Gasteiger partial charge in [0.05, 0.1) is 13.1 Å². The van der Waals surface area contributed by atoms with Crippen LogP contribution < -0.4 is 5.73 Å². The second-order valence-corrected chi connectivity index (χ2v) is 2.74. The van der Waals surface area contributed by atoms with Crippen LogP contribution in [0, 0.1) is 0 Å². The van der Waals surface area contributed by atoms with Gasteiger partial charge in [0.15, 0.2) is 0 Å². The van der Waals surface area contributed by atoms with Crippen molar-refractivity contribution in [2.24, 2.45) is 5.73 Å². The van der Waals surface area contributed by atoms with E-state index < -0.39 is 11.9 Å². The first-order valence-corrected chi connectivity index (χ1v) is 3.84. The summed E-state index contributed by atoms with van der Waals surface area (Å²) in [6, 6.07) is -0.177. The van der Waals surface area contributed by atoms with E-state index in [2.05, 4.69) is 6.58 Å². The second-order valence-electron chi connectivity index (χ2n) is 2.74. The summed E-state index contributed by atoms with van der Waals surface area (Å²) >= 11 is 0. The fourth-order valence-electron chi connectivity index (χ4n) is 0.867. The van der Waals surface area contributed by atoms with Gasteiger partial charge in [0.25, 0.3) is 0 Å². The fourth-order valence-corrected chi connectivity index (χ4v) is 0.867. The lowest BCUT2D eigenvalue weighted by Crippen LogP contribution is -2.41. The smallest absolute Gasteiger partial charge is 0.317 e. The molecule has 0 spiro atoms. The zero-order valence-corrected chi connectivity index (χ0v) is 7.56. The van der Waals surface area contributed by atoms with Gasteiger partial charge >= 0.3 is 5.97 Å². The van der Waals surface area contributed by atoms with Gasteiger partial charge in [-0.25, -0.2) is 0 Å². The number of nitrogens with two attached hydrogens (primary N) is 1. The van der Waals surface area contributed by atoms with Crippen LogP contribution in [-0.4, -0.2) is 41.0 Å². The molecule has 0 saturated carbocycles. The van der Waals surface area contributed by atoms with Crippen LogP contribution in [0.3, 0.4) is 0 Å². The summed E-state index contributed by atoms with van der Waals surface area (Å²) in [6.45, 7) is 4.98. The summed E-state index contributed by atoms with van der Waals surface area (Å²) in [5.41, 5.74) is 4.95. The first kappa shape index (κ1) is 11.6. The standard InChI is InChI=1S/C8H14N2O3/c1-3-6(2)10(4-7(9)11)5-8(12)13/h3,6H,1,4-5H2,2H3,(H2,9,11)(H,12,13). The average Bonchev–Trinajstić information content (AvgIpc) is 2.00. The monoisotopic (exact) mass is 186 g/mol. The predicted octanol–water partition coefficient (Wildman–Crippen LogP) is -0.567. The molecule has 0 bridgehead atoms. The minimum Gasteiger partial charge on any atom is -0.480 e. The fraction of sp³-hybridized carbons (Fsp3) is 0.500. The zero-order chi connectivity index (χ0) is 10.4. The SMILES string of the molecule is C=CC(C)N(CC(N)=O)CC(=O)O. The molecule has 74 valence electrons. The van der Waals surface area contributed by atoms with Crippen molar-refractivity contribution in [3.63, 3.8) is 0 Å². The van der Waals surface area contributed by atoms with Gasteiger partial charge in [-0.3, -0.25) is 14.5 Å². The Hall–Kier alpha value is -1.36. The molecule has 0 fully saturated rings. The van der Waals surface area contributed by atoms with Crippen molar-refractivity contribution >= 4 is 11.9 Å². The molecule has 0 saturated heterocycles. The molecule has 1 amide bonds. The van der Waals surface area contributed by atoms with E-state index in [9.17, 15) is 9.59 Å². The highest BCUT2D eigenvalue weighted by molar-refractivity contribution is 5.77. The Kier molecular flexibility index (Phi) is 4.76. The van der Waals surface area contributed by atoms with Crippen LogP contribution in [0.15, 0.2) is 12.7 Å². The lowest BCUT2D eigenvalue weighted by Gasteiger charge is -2.22. The summed E-state index contributed by atoms with van der Waals surface area (Å²) in [7, 11) is 0. The quantitative estimate of drug-likeness (QED) is 0.544. The van der Waals surface area contributed by atoms with Gasteiger partial charge in [0.1, 0.15) is 0 Å². The Labute approximate surface area is 76.8 Å². The molecule has 0 aliphatic carbocycles. The summed E-state index contributed by atoms with van der Waals surface area (Å²) in [6.07, 6.45) is 1.56. The van der Waals surface area contributed by atoms with Crippen LogP contribution in [0.25, 0.3) is 0 Å². The number of primary amides is 1. The molecule has 5 nitrogen and oxygen atoms in total. The Morgan fingerprint density at radius 3 is 2.46 bits per heavy atom. The molecule has 13 heavy (non-hydrogen) atoms. The summed E-state index contributed by atoms with van der Waals surface area (Å²) in [5.74, 6) is -1.54. The van der Waals surface area contributed by atoms with Crippen molar-refractivity contribution in [2.75, 3.05) is 13.1 Å². The molecular formula is C8H14N2O3. The minimum atomic E-state index is -0.991. The van der Waals surface area contributed by atoms with E-state index >= 15 is 0 Å². The van der Waals surface area contributed by atoms with E-state index in [0.29, 0.717) is 0 Å². The van der Waals surface area contributed by atoms with Crippen molar-refractivity contribution in [1.29, 1.82) is 0 Å². The van der Waals surface area contributed by atoms with Crippen molar-refractivity contribution in [2.45, 2.75) is 13.0 Å². The number of aliphatic carboxylic acids is 1. The van der Waals surface area contributed by atoms with E-state index in [-0.39, 0.29) is 19.1 Å². The van der Waals surface area contributed by atoms with E-state index in [4.69, 9.17) is 10.8 Å². The Morgan fingerprint density at radius 1 is 1.62 bits per heavy atom. The maximum absolute atomic E-state index is 10.6. The minimum absolute atomic E-state index is 0.0700. The van der Waals surface area contributed by atoms with E-state index in [0.717, 1.165) is 0 Å². The largest absolute Gasteiger partial charge is 0.480 e. The first-order chi connectivity index (χ1) is 5.97. The van der Waals surface area contributed by atoms with Gasteiger partial charge in [0.2, 0.25) is 5.91 Å². The van der Waals surface area contributed by atoms with Gasteiger partial charge in [-0.05, 0) is 6.92 Å². The number of nitrogens with zero attached hydrogens (tertiary/aromatic N) is 1. The third kappa shape index (κ3) is 4.97. The molecule has 0 aliphatic heterocycles. The Morgan fingerprint density at radius 2 is 2.15 bits per heavy atom. The van der Waals surface area contributed by atoms with Crippen molar-refractivity contribution < 1.29 is 14.7 Å². The molecule has 0 aromatic heterocycles. The van der Waals surface area contributed by atoms with Gasteiger partial charge in [-0.2, -0.15) is 0 Å². The maximum Gasteiger partial charge on any atom is 0.317 e. The number of rotatable bonds is 6. The summed E-state index contributed by atoms with van der Waals surface area (Å²) in [4.78, 5) is 22.4. The molecule has 0 aromatic rings. The van der Waals surface area contributed by atoms with Crippen LogP contribution >= 0.6 is 0 Å². The van der Waals surface area contributed by atoms with Crippen LogP contribution in [0.1, 0.15) is 6.92 Å². The highest BCUT2D eigenvalue weighted by Crippen LogP contribution is 1.98. The molecule has 0 aliphatic rings. The summed E-state index contributed by atoms with van der Waals surface area (Å²) < 4.78 is 0. The zero-order valence-electron chi connectivity index (χ0n) is 7.56. The van der Waals surface area contributed by atoms with Crippen LogP contribution in [-0.2, 0) is 9.59 Å². The highest BCUT2D eigenvalue weighted by Gasteiger charge is 2.15. The number of hydrogen-bond acceptors (Lipinski definition) is 3.